The van der Waals surface area contributed by atoms with E-state index in [4.69, 9.17) is 9.26 Å². The predicted molar refractivity (Wildman–Crippen MR) is 133 cm³/mol. The number of carbonyl (C=O) groups excluding carboxylic acids is 1. The molecule has 8 nitrogen and oxygen atoms in total. The van der Waals surface area contributed by atoms with Crippen LogP contribution in [-0.2, 0) is 4.74 Å². The van der Waals surface area contributed by atoms with Crippen molar-refractivity contribution in [2.45, 2.75) is 25.8 Å². The van der Waals surface area contributed by atoms with Crippen LogP contribution in [0.25, 0.3) is 11.3 Å². The monoisotopic (exact) mass is 489 g/mol. The molecular weight excluding hydrogens is 461 g/mol. The Bertz CT molecular complexity index is 1270. The normalized spacial score (nSPS) is 17.1. The van der Waals surface area contributed by atoms with Gasteiger partial charge in [-0.2, -0.15) is 5.26 Å². The topological polar surface area (TPSA) is 94.6 Å². The van der Waals surface area contributed by atoms with E-state index in [1.165, 1.54) is 12.1 Å². The van der Waals surface area contributed by atoms with Gasteiger partial charge in [-0.05, 0) is 62.2 Å². The lowest BCUT2D eigenvalue weighted by Gasteiger charge is -2.41. The van der Waals surface area contributed by atoms with Gasteiger partial charge in [-0.15, -0.1) is 0 Å². The molecule has 2 aromatic carbocycles. The summed E-state index contributed by atoms with van der Waals surface area (Å²) in [5.74, 6) is -0.741. The minimum Gasteiger partial charge on any atom is -0.379 e. The Labute approximate surface area is 209 Å². The van der Waals surface area contributed by atoms with Gasteiger partial charge in [0.1, 0.15) is 17.6 Å². The lowest BCUT2D eigenvalue weighted by molar-refractivity contribution is 0.0115. The van der Waals surface area contributed by atoms with Crippen molar-refractivity contribution in [3.63, 3.8) is 0 Å². The SMILES string of the molecule is Cc1c(-c2ccc(F)cc2)noc1C(=O)Nc1ccc(N2CCC(N3CCOCC3)CC2)c(C#N)c1. The number of anilines is 2. The molecule has 0 atom stereocenters. The molecule has 0 saturated carbocycles. The van der Waals surface area contributed by atoms with Gasteiger partial charge in [0.15, 0.2) is 0 Å². The van der Waals surface area contributed by atoms with Crippen molar-refractivity contribution in [1.82, 2.24) is 10.1 Å². The average Bonchev–Trinajstić information content (AvgIpc) is 3.31. The number of nitrogens with zero attached hydrogens (tertiary/aromatic N) is 4. The fraction of sp³-hybridized carbons (Fsp3) is 0.370. The number of nitrogens with one attached hydrogen (secondary N) is 1. The molecule has 0 unspecified atom stereocenters. The molecule has 1 amide bonds. The van der Waals surface area contributed by atoms with Crippen molar-refractivity contribution < 1.29 is 18.4 Å². The van der Waals surface area contributed by atoms with Crippen LogP contribution in [0.5, 0.6) is 0 Å². The molecule has 1 aromatic heterocycles. The smallest absolute Gasteiger partial charge is 0.294 e. The van der Waals surface area contributed by atoms with E-state index in [0.717, 1.165) is 57.9 Å². The molecule has 0 bridgehead atoms. The third kappa shape index (κ3) is 4.96. The predicted octanol–water partition coefficient (Wildman–Crippen LogP) is 4.21. The number of hydrogen-bond donors (Lipinski definition) is 1. The highest BCUT2D eigenvalue weighted by Gasteiger charge is 2.27. The minimum absolute atomic E-state index is 0.0714. The number of halogens is 1. The molecule has 0 radical (unpaired) electrons. The van der Waals surface area contributed by atoms with Crippen molar-refractivity contribution in [3.05, 3.63) is 65.2 Å². The number of rotatable bonds is 5. The molecule has 36 heavy (non-hydrogen) atoms. The largest absolute Gasteiger partial charge is 0.379 e. The molecule has 0 spiro atoms. The Kier molecular flexibility index (Phi) is 6.98. The van der Waals surface area contributed by atoms with Crippen LogP contribution in [0.2, 0.25) is 0 Å². The molecule has 5 rings (SSSR count). The van der Waals surface area contributed by atoms with E-state index >= 15 is 0 Å². The molecule has 0 aliphatic carbocycles. The van der Waals surface area contributed by atoms with Gasteiger partial charge < -0.3 is 19.5 Å². The summed E-state index contributed by atoms with van der Waals surface area (Å²) in [6.45, 7) is 7.06. The molecule has 2 saturated heterocycles. The van der Waals surface area contributed by atoms with Gasteiger partial charge in [-0.25, -0.2) is 4.39 Å². The van der Waals surface area contributed by atoms with Gasteiger partial charge in [0.2, 0.25) is 5.76 Å². The fourth-order valence-electron chi connectivity index (χ4n) is 5.01. The minimum atomic E-state index is -0.462. The van der Waals surface area contributed by atoms with Crippen molar-refractivity contribution >= 4 is 17.3 Å². The Morgan fingerprint density at radius 3 is 2.53 bits per heavy atom. The first-order valence-corrected chi connectivity index (χ1v) is 12.2. The van der Waals surface area contributed by atoms with Crippen LogP contribution in [0.3, 0.4) is 0 Å². The van der Waals surface area contributed by atoms with E-state index in [1.54, 1.807) is 31.2 Å². The standard InChI is InChI=1S/C27H28FN5O3/c1-18-25(19-2-4-21(28)5-3-19)31-36-26(18)27(34)30-22-6-7-24(20(16-22)17-29)33-10-8-23(9-11-33)32-12-14-35-15-13-32/h2-7,16,23H,8-15H2,1H3,(H,30,34). The number of benzene rings is 2. The van der Waals surface area contributed by atoms with E-state index < -0.39 is 5.91 Å². The molecule has 2 aliphatic rings. The summed E-state index contributed by atoms with van der Waals surface area (Å²) >= 11 is 0. The summed E-state index contributed by atoms with van der Waals surface area (Å²) in [5, 5.41) is 16.6. The summed E-state index contributed by atoms with van der Waals surface area (Å²) < 4.78 is 24.0. The first kappa shape index (κ1) is 24.0. The van der Waals surface area contributed by atoms with Crippen LogP contribution in [0, 0.1) is 24.1 Å². The van der Waals surface area contributed by atoms with Crippen molar-refractivity contribution in [3.8, 4) is 17.3 Å². The molecule has 3 aromatic rings. The number of aromatic nitrogens is 1. The highest BCUT2D eigenvalue weighted by molar-refractivity contribution is 6.04. The highest BCUT2D eigenvalue weighted by Crippen LogP contribution is 2.29. The van der Waals surface area contributed by atoms with Crippen LogP contribution in [0.1, 0.15) is 34.5 Å². The Balaban J connectivity index is 1.26. The lowest BCUT2D eigenvalue weighted by Crippen LogP contribution is -2.49. The van der Waals surface area contributed by atoms with Crippen LogP contribution < -0.4 is 10.2 Å². The second kappa shape index (κ2) is 10.5. The van der Waals surface area contributed by atoms with Crippen LogP contribution in [-0.4, -0.2) is 61.4 Å². The first-order chi connectivity index (χ1) is 17.5. The van der Waals surface area contributed by atoms with E-state index in [2.05, 4.69) is 26.3 Å². The Hall–Kier alpha value is -3.74. The van der Waals surface area contributed by atoms with Crippen LogP contribution in [0.4, 0.5) is 15.8 Å². The van der Waals surface area contributed by atoms with E-state index in [1.807, 2.05) is 6.07 Å². The number of morpholine rings is 1. The van der Waals surface area contributed by atoms with E-state index in [0.29, 0.717) is 34.1 Å². The Morgan fingerprint density at radius 2 is 1.83 bits per heavy atom. The molecule has 2 aliphatic heterocycles. The van der Waals surface area contributed by atoms with Gasteiger partial charge in [0.25, 0.3) is 5.91 Å². The number of hydrogen-bond acceptors (Lipinski definition) is 7. The molecular formula is C27H28FN5O3. The molecule has 186 valence electrons. The molecule has 2 fully saturated rings. The second-order valence-corrected chi connectivity index (χ2v) is 9.16. The van der Waals surface area contributed by atoms with E-state index in [9.17, 15) is 14.4 Å². The first-order valence-electron chi connectivity index (χ1n) is 12.2. The number of amides is 1. The van der Waals surface area contributed by atoms with Gasteiger partial charge in [-0.3, -0.25) is 9.69 Å². The van der Waals surface area contributed by atoms with Crippen molar-refractivity contribution in [2.24, 2.45) is 0 Å². The third-order valence-corrected chi connectivity index (χ3v) is 6.99. The number of nitriles is 1. The summed E-state index contributed by atoms with van der Waals surface area (Å²) in [4.78, 5) is 17.7. The summed E-state index contributed by atoms with van der Waals surface area (Å²) in [5.41, 5.74) is 3.59. The third-order valence-electron chi connectivity index (χ3n) is 6.99. The molecule has 3 heterocycles. The van der Waals surface area contributed by atoms with Crippen molar-refractivity contribution in [1.29, 1.82) is 5.26 Å². The summed E-state index contributed by atoms with van der Waals surface area (Å²) in [7, 11) is 0. The number of piperidine rings is 1. The van der Waals surface area contributed by atoms with E-state index in [-0.39, 0.29) is 11.6 Å². The quantitative estimate of drug-likeness (QED) is 0.574. The van der Waals surface area contributed by atoms with Crippen LogP contribution in [0.15, 0.2) is 47.0 Å². The molecule has 1 N–H and O–H groups in total. The number of ether oxygens (including phenoxy) is 1. The zero-order valence-corrected chi connectivity index (χ0v) is 20.2. The zero-order chi connectivity index (χ0) is 25.1. The summed E-state index contributed by atoms with van der Waals surface area (Å²) in [6.07, 6.45) is 2.09. The van der Waals surface area contributed by atoms with Gasteiger partial charge in [0.05, 0.1) is 24.5 Å². The second-order valence-electron chi connectivity index (χ2n) is 9.16. The summed E-state index contributed by atoms with van der Waals surface area (Å²) in [6, 6.07) is 14.0. The average molecular weight is 490 g/mol. The van der Waals surface area contributed by atoms with Gasteiger partial charge in [0, 0.05) is 49.0 Å². The van der Waals surface area contributed by atoms with Gasteiger partial charge in [-0.1, -0.05) is 5.16 Å². The van der Waals surface area contributed by atoms with Gasteiger partial charge >= 0.3 is 0 Å². The fourth-order valence-corrected chi connectivity index (χ4v) is 5.01. The zero-order valence-electron chi connectivity index (χ0n) is 20.2. The maximum atomic E-state index is 13.2. The Morgan fingerprint density at radius 1 is 1.11 bits per heavy atom. The van der Waals surface area contributed by atoms with Crippen molar-refractivity contribution in [2.75, 3.05) is 49.6 Å². The van der Waals surface area contributed by atoms with Crippen LogP contribution >= 0.6 is 0 Å². The highest BCUT2D eigenvalue weighted by atomic mass is 19.1. The molecule has 9 heteroatoms. The maximum absolute atomic E-state index is 13.2. The maximum Gasteiger partial charge on any atom is 0.294 e. The number of carbonyl (C=O) groups is 1. The lowest BCUT2D eigenvalue weighted by atomic mass is 10.0.